The number of nitrogens with zero attached hydrogens (tertiary/aromatic N) is 1. The number of nitrogens with one attached hydrogen (secondary N) is 1. The molecule has 0 spiro atoms. The molecule has 3 aromatic rings. The summed E-state index contributed by atoms with van der Waals surface area (Å²) >= 11 is 0. The molecular formula is C24H26N2O3. The number of fused-ring (bicyclic) bond motifs is 1. The van der Waals surface area contributed by atoms with Gasteiger partial charge in [0.05, 0.1) is 0 Å². The highest BCUT2D eigenvalue weighted by Gasteiger charge is 2.16. The summed E-state index contributed by atoms with van der Waals surface area (Å²) in [7, 11) is 3.93. The predicted octanol–water partition coefficient (Wildman–Crippen LogP) is 5.48. The van der Waals surface area contributed by atoms with Crippen molar-refractivity contribution in [2.45, 2.75) is 26.4 Å². The number of benzene rings is 3. The number of ether oxygens (including phenoxy) is 1. The van der Waals surface area contributed by atoms with Crippen LogP contribution in [0.5, 0.6) is 0 Å². The van der Waals surface area contributed by atoms with Crippen LogP contribution in [0, 0.1) is 0 Å². The fourth-order valence-corrected chi connectivity index (χ4v) is 2.96. The van der Waals surface area contributed by atoms with Gasteiger partial charge in [0.15, 0.2) is 5.78 Å². The quantitative estimate of drug-likeness (QED) is 0.599. The molecule has 0 aromatic heterocycles. The Morgan fingerprint density at radius 1 is 0.828 bits per heavy atom. The van der Waals surface area contributed by atoms with Crippen LogP contribution in [0.25, 0.3) is 10.8 Å². The van der Waals surface area contributed by atoms with E-state index in [9.17, 15) is 9.59 Å². The third-order valence-corrected chi connectivity index (χ3v) is 4.39. The van der Waals surface area contributed by atoms with E-state index >= 15 is 0 Å². The number of hydrogen-bond acceptors (Lipinski definition) is 4. The minimum absolute atomic E-state index is 0.0202. The van der Waals surface area contributed by atoms with Crippen LogP contribution in [0.1, 0.15) is 36.7 Å². The van der Waals surface area contributed by atoms with E-state index in [1.807, 2.05) is 94.4 Å². The molecule has 150 valence electrons. The lowest BCUT2D eigenvalue weighted by Gasteiger charge is -2.19. The molecule has 0 heterocycles. The molecule has 0 atom stereocenters. The first-order valence-corrected chi connectivity index (χ1v) is 9.48. The predicted molar refractivity (Wildman–Crippen MR) is 118 cm³/mol. The van der Waals surface area contributed by atoms with Crippen molar-refractivity contribution in [1.82, 2.24) is 0 Å². The third kappa shape index (κ3) is 5.13. The van der Waals surface area contributed by atoms with E-state index in [0.717, 1.165) is 16.5 Å². The number of hydrogen-bond donors (Lipinski definition) is 1. The molecule has 0 radical (unpaired) electrons. The summed E-state index contributed by atoms with van der Waals surface area (Å²) in [6.07, 6.45) is -0.496. The van der Waals surface area contributed by atoms with Crippen LogP contribution in [-0.2, 0) is 4.74 Å². The van der Waals surface area contributed by atoms with Crippen molar-refractivity contribution >= 4 is 34.0 Å². The molecule has 5 nitrogen and oxygen atoms in total. The van der Waals surface area contributed by atoms with Crippen molar-refractivity contribution in [2.24, 2.45) is 0 Å². The number of carbonyl (C=O) groups is 2. The number of rotatable bonds is 4. The maximum Gasteiger partial charge on any atom is 0.412 e. The molecule has 0 fully saturated rings. The Morgan fingerprint density at radius 3 is 2.03 bits per heavy atom. The van der Waals surface area contributed by atoms with E-state index in [1.54, 1.807) is 6.07 Å². The molecule has 5 heteroatoms. The minimum atomic E-state index is -0.555. The van der Waals surface area contributed by atoms with Gasteiger partial charge in [-0.3, -0.25) is 10.1 Å². The highest BCUT2D eigenvalue weighted by atomic mass is 16.6. The molecule has 0 saturated carbocycles. The lowest BCUT2D eigenvalue weighted by atomic mass is 9.99. The third-order valence-electron chi connectivity index (χ3n) is 4.39. The molecule has 0 aliphatic carbocycles. The van der Waals surface area contributed by atoms with Crippen molar-refractivity contribution in [3.05, 3.63) is 71.8 Å². The van der Waals surface area contributed by atoms with Gasteiger partial charge in [0, 0.05) is 36.6 Å². The van der Waals surface area contributed by atoms with Crippen molar-refractivity contribution in [1.29, 1.82) is 0 Å². The van der Waals surface area contributed by atoms with Gasteiger partial charge >= 0.3 is 6.09 Å². The number of amides is 1. The Bertz CT molecular complexity index is 1050. The van der Waals surface area contributed by atoms with E-state index in [2.05, 4.69) is 5.32 Å². The van der Waals surface area contributed by atoms with Crippen LogP contribution < -0.4 is 10.2 Å². The van der Waals surface area contributed by atoms with E-state index in [-0.39, 0.29) is 5.78 Å². The van der Waals surface area contributed by atoms with Crippen LogP contribution in [-0.4, -0.2) is 31.6 Å². The maximum atomic E-state index is 12.8. The molecule has 0 unspecified atom stereocenters. The summed E-state index contributed by atoms with van der Waals surface area (Å²) in [6, 6.07) is 18.7. The normalized spacial score (nSPS) is 11.2. The summed E-state index contributed by atoms with van der Waals surface area (Å²) in [6.45, 7) is 5.46. The zero-order valence-electron chi connectivity index (χ0n) is 17.4. The van der Waals surface area contributed by atoms with Gasteiger partial charge in [-0.05, 0) is 74.0 Å². The maximum absolute atomic E-state index is 12.8. The SMILES string of the molecule is CN(C)c1ccc(C(=O)c2ccc3cc(NC(=O)OC(C)(C)C)ccc3c2)cc1. The molecule has 29 heavy (non-hydrogen) atoms. The first kappa shape index (κ1) is 20.4. The van der Waals surface area contributed by atoms with Gasteiger partial charge in [-0.15, -0.1) is 0 Å². The zero-order chi connectivity index (χ0) is 21.2. The zero-order valence-corrected chi connectivity index (χ0v) is 17.4. The second-order valence-corrected chi connectivity index (χ2v) is 8.17. The molecule has 0 aliphatic heterocycles. The minimum Gasteiger partial charge on any atom is -0.444 e. The second kappa shape index (κ2) is 7.95. The average molecular weight is 390 g/mol. The summed E-state index contributed by atoms with van der Waals surface area (Å²) in [4.78, 5) is 26.8. The highest BCUT2D eigenvalue weighted by molar-refractivity contribution is 6.11. The van der Waals surface area contributed by atoms with E-state index < -0.39 is 11.7 Å². The molecule has 3 rings (SSSR count). The Morgan fingerprint density at radius 2 is 1.41 bits per heavy atom. The summed E-state index contributed by atoms with van der Waals surface area (Å²) < 4.78 is 5.28. The summed E-state index contributed by atoms with van der Waals surface area (Å²) in [5.41, 5.74) is 2.41. The van der Waals surface area contributed by atoms with Gasteiger partial charge in [0.2, 0.25) is 0 Å². The second-order valence-electron chi connectivity index (χ2n) is 8.17. The molecule has 1 N–H and O–H groups in total. The van der Waals surface area contributed by atoms with Crippen LogP contribution in [0.3, 0.4) is 0 Å². The van der Waals surface area contributed by atoms with Gasteiger partial charge in [0.1, 0.15) is 5.60 Å². The Hall–Kier alpha value is -3.34. The largest absolute Gasteiger partial charge is 0.444 e. The van der Waals surface area contributed by atoms with Crippen LogP contribution in [0.15, 0.2) is 60.7 Å². The molecule has 1 amide bonds. The van der Waals surface area contributed by atoms with Gasteiger partial charge < -0.3 is 9.64 Å². The van der Waals surface area contributed by atoms with Crippen molar-refractivity contribution in [3.63, 3.8) is 0 Å². The highest BCUT2D eigenvalue weighted by Crippen LogP contribution is 2.23. The van der Waals surface area contributed by atoms with Gasteiger partial charge in [-0.25, -0.2) is 4.79 Å². The van der Waals surface area contributed by atoms with E-state index in [0.29, 0.717) is 16.8 Å². The van der Waals surface area contributed by atoms with Crippen molar-refractivity contribution < 1.29 is 14.3 Å². The van der Waals surface area contributed by atoms with E-state index in [1.165, 1.54) is 0 Å². The van der Waals surface area contributed by atoms with Gasteiger partial charge in [-0.2, -0.15) is 0 Å². The van der Waals surface area contributed by atoms with Crippen LogP contribution >= 0.6 is 0 Å². The van der Waals surface area contributed by atoms with Gasteiger partial charge in [-0.1, -0.05) is 18.2 Å². The average Bonchev–Trinajstić information content (AvgIpc) is 2.65. The Balaban J connectivity index is 1.80. The number of anilines is 2. The van der Waals surface area contributed by atoms with Crippen molar-refractivity contribution in [2.75, 3.05) is 24.3 Å². The Kier molecular flexibility index (Phi) is 5.59. The molecule has 0 aliphatic rings. The Labute approximate surface area is 171 Å². The molecule has 0 saturated heterocycles. The van der Waals surface area contributed by atoms with Crippen LogP contribution in [0.4, 0.5) is 16.2 Å². The standard InChI is InChI=1S/C24H26N2O3/c1-24(2,3)29-23(28)25-20-11-8-17-14-19(7-6-18(17)15-20)22(27)16-9-12-21(13-10-16)26(4)5/h6-15H,1-5H3,(H,25,28). The fraction of sp³-hybridized carbons (Fsp3) is 0.250. The lowest BCUT2D eigenvalue weighted by molar-refractivity contribution is 0.0636. The molecule has 0 bridgehead atoms. The first-order chi connectivity index (χ1) is 13.6. The molecule has 3 aromatic carbocycles. The fourth-order valence-electron chi connectivity index (χ4n) is 2.96. The number of ketones is 1. The van der Waals surface area contributed by atoms with Crippen LogP contribution in [0.2, 0.25) is 0 Å². The first-order valence-electron chi connectivity index (χ1n) is 9.48. The van der Waals surface area contributed by atoms with Crippen molar-refractivity contribution in [3.8, 4) is 0 Å². The lowest BCUT2D eigenvalue weighted by Crippen LogP contribution is -2.27. The summed E-state index contributed by atoms with van der Waals surface area (Å²) in [5.74, 6) is -0.0202. The number of carbonyl (C=O) groups excluding carboxylic acids is 2. The monoisotopic (exact) mass is 390 g/mol. The molecular weight excluding hydrogens is 364 g/mol. The smallest absolute Gasteiger partial charge is 0.412 e. The summed E-state index contributed by atoms with van der Waals surface area (Å²) in [5, 5.41) is 4.59. The van der Waals surface area contributed by atoms with E-state index in [4.69, 9.17) is 4.74 Å². The van der Waals surface area contributed by atoms with Gasteiger partial charge in [0.25, 0.3) is 0 Å². The topological polar surface area (TPSA) is 58.6 Å².